The molecule has 16 heavy (non-hydrogen) atoms. The van der Waals surface area contributed by atoms with Crippen LogP contribution in [0.2, 0.25) is 0 Å². The van der Waals surface area contributed by atoms with Crippen LogP contribution in [0.15, 0.2) is 36.5 Å². The van der Waals surface area contributed by atoms with Crippen LogP contribution in [0.5, 0.6) is 0 Å². The SMILES string of the molecule is Cc1cnc(/C=C/C(=O)O)c2ccccc12. The molecule has 0 aliphatic carbocycles. The summed E-state index contributed by atoms with van der Waals surface area (Å²) in [6.07, 6.45) is 4.37. The Hall–Kier alpha value is -2.16. The standard InChI is InChI=1S/C13H11NO2/c1-9-8-14-12(6-7-13(15)16)11-5-3-2-4-10(9)11/h2-8H,1H3,(H,15,16)/b7-6+. The summed E-state index contributed by atoms with van der Waals surface area (Å²) in [7, 11) is 0. The molecule has 0 atom stereocenters. The van der Waals surface area contributed by atoms with Crippen LogP contribution >= 0.6 is 0 Å². The summed E-state index contributed by atoms with van der Waals surface area (Å²) < 4.78 is 0. The van der Waals surface area contributed by atoms with Crippen molar-refractivity contribution in [3.8, 4) is 0 Å². The van der Waals surface area contributed by atoms with Gasteiger partial charge in [-0.25, -0.2) is 4.79 Å². The number of aliphatic carboxylic acids is 1. The number of pyridine rings is 1. The molecule has 1 N–H and O–H groups in total. The van der Waals surface area contributed by atoms with Crippen molar-refractivity contribution in [1.29, 1.82) is 0 Å². The molecule has 0 amide bonds. The van der Waals surface area contributed by atoms with Crippen LogP contribution in [0.4, 0.5) is 0 Å². The molecule has 80 valence electrons. The second kappa shape index (κ2) is 4.14. The summed E-state index contributed by atoms with van der Waals surface area (Å²) in [5.74, 6) is -0.966. The van der Waals surface area contributed by atoms with Gasteiger partial charge in [0.25, 0.3) is 0 Å². The topological polar surface area (TPSA) is 50.2 Å². The van der Waals surface area contributed by atoms with Gasteiger partial charge < -0.3 is 5.11 Å². The number of carboxylic acid groups (broad SMARTS) is 1. The van der Waals surface area contributed by atoms with Crippen molar-refractivity contribution >= 4 is 22.8 Å². The second-order valence-corrected chi connectivity index (χ2v) is 3.54. The largest absolute Gasteiger partial charge is 0.478 e. The smallest absolute Gasteiger partial charge is 0.328 e. The maximum Gasteiger partial charge on any atom is 0.328 e. The van der Waals surface area contributed by atoms with Crippen molar-refractivity contribution in [3.05, 3.63) is 47.8 Å². The Kier molecular flexibility index (Phi) is 2.68. The maximum atomic E-state index is 10.5. The van der Waals surface area contributed by atoms with E-state index in [0.29, 0.717) is 5.69 Å². The van der Waals surface area contributed by atoms with Crippen LogP contribution in [0.3, 0.4) is 0 Å². The number of aryl methyl sites for hydroxylation is 1. The Morgan fingerprint density at radius 3 is 2.69 bits per heavy atom. The van der Waals surface area contributed by atoms with Gasteiger partial charge in [0.15, 0.2) is 0 Å². The van der Waals surface area contributed by atoms with E-state index in [4.69, 9.17) is 5.11 Å². The monoisotopic (exact) mass is 213 g/mol. The minimum Gasteiger partial charge on any atom is -0.478 e. The molecule has 0 saturated carbocycles. The van der Waals surface area contributed by atoms with E-state index in [0.717, 1.165) is 22.4 Å². The lowest BCUT2D eigenvalue weighted by Gasteiger charge is -2.03. The molecule has 1 heterocycles. The van der Waals surface area contributed by atoms with Gasteiger partial charge in [0.05, 0.1) is 5.69 Å². The molecule has 3 heteroatoms. The predicted molar refractivity (Wildman–Crippen MR) is 63.1 cm³/mol. The first-order valence-corrected chi connectivity index (χ1v) is 4.94. The Bertz CT molecular complexity index is 573. The van der Waals surface area contributed by atoms with E-state index in [1.807, 2.05) is 31.2 Å². The van der Waals surface area contributed by atoms with Gasteiger partial charge in [-0.2, -0.15) is 0 Å². The van der Waals surface area contributed by atoms with Gasteiger partial charge in [0.1, 0.15) is 0 Å². The second-order valence-electron chi connectivity index (χ2n) is 3.54. The molecule has 2 aromatic rings. The van der Waals surface area contributed by atoms with Crippen LogP contribution in [-0.4, -0.2) is 16.1 Å². The van der Waals surface area contributed by atoms with Gasteiger partial charge in [-0.05, 0) is 23.9 Å². The van der Waals surface area contributed by atoms with E-state index in [1.54, 1.807) is 6.20 Å². The van der Waals surface area contributed by atoms with Crippen LogP contribution in [0.25, 0.3) is 16.8 Å². The lowest BCUT2D eigenvalue weighted by molar-refractivity contribution is -0.131. The molecule has 0 saturated heterocycles. The molecule has 0 radical (unpaired) electrons. The molecule has 0 bridgehead atoms. The first-order valence-electron chi connectivity index (χ1n) is 4.94. The zero-order valence-electron chi connectivity index (χ0n) is 8.84. The van der Waals surface area contributed by atoms with Gasteiger partial charge >= 0.3 is 5.97 Å². The first-order chi connectivity index (χ1) is 7.68. The van der Waals surface area contributed by atoms with Crippen molar-refractivity contribution in [3.63, 3.8) is 0 Å². The van der Waals surface area contributed by atoms with Crippen LogP contribution in [0, 0.1) is 6.92 Å². The van der Waals surface area contributed by atoms with Gasteiger partial charge in [-0.3, -0.25) is 4.98 Å². The molecule has 1 aromatic carbocycles. The first kappa shape index (κ1) is 10.4. The number of nitrogens with zero attached hydrogens (tertiary/aromatic N) is 1. The minimum atomic E-state index is -0.966. The number of hydrogen-bond acceptors (Lipinski definition) is 2. The van der Waals surface area contributed by atoms with Gasteiger partial charge in [0.2, 0.25) is 0 Å². The summed E-state index contributed by atoms with van der Waals surface area (Å²) in [5.41, 5.74) is 1.77. The van der Waals surface area contributed by atoms with Crippen LogP contribution in [0.1, 0.15) is 11.3 Å². The maximum absolute atomic E-state index is 10.5. The average Bonchev–Trinajstić information content (AvgIpc) is 2.28. The zero-order valence-corrected chi connectivity index (χ0v) is 8.84. The van der Waals surface area contributed by atoms with Gasteiger partial charge in [-0.1, -0.05) is 24.3 Å². The highest BCUT2D eigenvalue weighted by molar-refractivity contribution is 5.94. The predicted octanol–water partition coefficient (Wildman–Crippen LogP) is 2.64. The van der Waals surface area contributed by atoms with Gasteiger partial charge in [0, 0.05) is 17.7 Å². The summed E-state index contributed by atoms with van der Waals surface area (Å²) in [6.45, 7) is 1.99. The molecule has 0 aliphatic heterocycles. The van der Waals surface area contributed by atoms with Crippen molar-refractivity contribution in [2.24, 2.45) is 0 Å². The molecule has 1 aromatic heterocycles. The lowest BCUT2D eigenvalue weighted by atomic mass is 10.1. The van der Waals surface area contributed by atoms with E-state index in [1.165, 1.54) is 6.08 Å². The molecule has 0 fully saturated rings. The van der Waals surface area contributed by atoms with E-state index in [-0.39, 0.29) is 0 Å². The van der Waals surface area contributed by atoms with E-state index >= 15 is 0 Å². The van der Waals surface area contributed by atoms with Crippen LogP contribution in [-0.2, 0) is 4.79 Å². The molecule has 0 spiro atoms. The third-order valence-electron chi connectivity index (χ3n) is 2.41. The number of fused-ring (bicyclic) bond motifs is 1. The minimum absolute atomic E-state index is 0.684. The van der Waals surface area contributed by atoms with E-state index < -0.39 is 5.97 Å². The molecular formula is C13H11NO2. The van der Waals surface area contributed by atoms with Crippen molar-refractivity contribution < 1.29 is 9.90 Å². The summed E-state index contributed by atoms with van der Waals surface area (Å²) in [4.78, 5) is 14.7. The number of carboxylic acids is 1. The highest BCUT2D eigenvalue weighted by atomic mass is 16.4. The molecular weight excluding hydrogens is 202 g/mol. The van der Waals surface area contributed by atoms with Gasteiger partial charge in [-0.15, -0.1) is 0 Å². The Morgan fingerprint density at radius 1 is 1.31 bits per heavy atom. The van der Waals surface area contributed by atoms with Crippen molar-refractivity contribution in [1.82, 2.24) is 4.98 Å². The number of hydrogen-bond donors (Lipinski definition) is 1. The number of aromatic nitrogens is 1. The van der Waals surface area contributed by atoms with Crippen molar-refractivity contribution in [2.45, 2.75) is 6.92 Å². The lowest BCUT2D eigenvalue weighted by Crippen LogP contribution is -1.90. The van der Waals surface area contributed by atoms with E-state index in [2.05, 4.69) is 4.98 Å². The molecule has 0 aliphatic rings. The third kappa shape index (κ3) is 1.93. The molecule has 3 nitrogen and oxygen atoms in total. The number of benzene rings is 1. The third-order valence-corrected chi connectivity index (χ3v) is 2.41. The number of rotatable bonds is 2. The molecule has 0 unspecified atom stereocenters. The van der Waals surface area contributed by atoms with E-state index in [9.17, 15) is 4.79 Å². The Balaban J connectivity index is 2.63. The Morgan fingerprint density at radius 2 is 2.00 bits per heavy atom. The fourth-order valence-corrected chi connectivity index (χ4v) is 1.64. The zero-order chi connectivity index (χ0) is 11.5. The molecule has 2 rings (SSSR count). The Labute approximate surface area is 93.1 Å². The van der Waals surface area contributed by atoms with Crippen LogP contribution < -0.4 is 0 Å². The highest BCUT2D eigenvalue weighted by Crippen LogP contribution is 2.20. The number of carbonyl (C=O) groups is 1. The fourth-order valence-electron chi connectivity index (χ4n) is 1.64. The normalized spacial score (nSPS) is 11.1. The highest BCUT2D eigenvalue weighted by Gasteiger charge is 2.01. The quantitative estimate of drug-likeness (QED) is 0.780. The fraction of sp³-hybridized carbons (Fsp3) is 0.0769. The van der Waals surface area contributed by atoms with Crippen molar-refractivity contribution in [2.75, 3.05) is 0 Å². The average molecular weight is 213 g/mol. The summed E-state index contributed by atoms with van der Waals surface area (Å²) in [6, 6.07) is 7.82. The summed E-state index contributed by atoms with van der Waals surface area (Å²) in [5, 5.41) is 10.7. The summed E-state index contributed by atoms with van der Waals surface area (Å²) >= 11 is 0.